The molecule has 1 aromatic rings. The van der Waals surface area contributed by atoms with Gasteiger partial charge in [0.1, 0.15) is 5.75 Å². The zero-order valence-electron chi connectivity index (χ0n) is 16.2. The third-order valence-electron chi connectivity index (χ3n) is 5.88. The third-order valence-corrected chi connectivity index (χ3v) is 6.20. The molecule has 1 heterocycles. The van der Waals surface area contributed by atoms with Crippen molar-refractivity contribution in [2.24, 2.45) is 11.3 Å². The maximum atomic E-state index is 12.7. The van der Waals surface area contributed by atoms with Crippen molar-refractivity contribution >= 4 is 23.4 Å². The van der Waals surface area contributed by atoms with Crippen molar-refractivity contribution < 1.29 is 14.7 Å². The Kier molecular flexibility index (Phi) is 5.99. The fraction of sp³-hybridized carbons (Fsp3) is 0.619. The Bertz CT molecular complexity index is 711. The number of benzene rings is 1. The van der Waals surface area contributed by atoms with Crippen LogP contribution in [0, 0.1) is 11.3 Å². The molecule has 1 N–H and O–H groups in total. The Balaban J connectivity index is 1.51. The Hall–Kier alpha value is -1.75. The molecule has 5 nitrogen and oxygen atoms in total. The van der Waals surface area contributed by atoms with Gasteiger partial charge in [0, 0.05) is 38.2 Å². The number of rotatable bonds is 3. The molecule has 1 unspecified atom stereocenters. The lowest BCUT2D eigenvalue weighted by Crippen LogP contribution is -2.51. The first-order valence-corrected chi connectivity index (χ1v) is 10.2. The van der Waals surface area contributed by atoms with Gasteiger partial charge in [0.05, 0.1) is 5.02 Å². The van der Waals surface area contributed by atoms with Gasteiger partial charge in [0.15, 0.2) is 0 Å². The number of carbonyl (C=O) groups is 2. The van der Waals surface area contributed by atoms with E-state index in [1.807, 2.05) is 4.90 Å². The standard InChI is InChI=1S/C21H29ClN2O3/c1-21(2)7-3-4-15(14-21)12-19(26)23-8-10-24(11-9-23)20(27)16-5-6-17(22)18(25)13-16/h5-6,13,15,25H,3-4,7-12,14H2,1-2H3. The number of piperazine rings is 1. The Morgan fingerprint density at radius 3 is 2.48 bits per heavy atom. The van der Waals surface area contributed by atoms with Crippen LogP contribution in [-0.4, -0.2) is 52.9 Å². The minimum Gasteiger partial charge on any atom is -0.506 e. The normalized spacial score (nSPS) is 22.6. The summed E-state index contributed by atoms with van der Waals surface area (Å²) in [5, 5.41) is 9.93. The number of phenols is 1. The van der Waals surface area contributed by atoms with E-state index >= 15 is 0 Å². The van der Waals surface area contributed by atoms with Crippen LogP contribution >= 0.6 is 11.6 Å². The number of halogens is 1. The molecule has 1 saturated carbocycles. The molecule has 1 aliphatic heterocycles. The predicted octanol–water partition coefficient (Wildman–Crippen LogP) is 3.94. The smallest absolute Gasteiger partial charge is 0.254 e. The average molecular weight is 393 g/mol. The summed E-state index contributed by atoms with van der Waals surface area (Å²) in [7, 11) is 0. The topological polar surface area (TPSA) is 60.9 Å². The second-order valence-electron chi connectivity index (χ2n) is 8.67. The van der Waals surface area contributed by atoms with E-state index in [1.54, 1.807) is 11.0 Å². The molecule has 2 aliphatic rings. The molecule has 2 fully saturated rings. The van der Waals surface area contributed by atoms with E-state index < -0.39 is 0 Å². The van der Waals surface area contributed by atoms with Crippen molar-refractivity contribution in [3.63, 3.8) is 0 Å². The maximum absolute atomic E-state index is 12.7. The minimum atomic E-state index is -0.136. The Morgan fingerprint density at radius 1 is 1.19 bits per heavy atom. The summed E-state index contributed by atoms with van der Waals surface area (Å²) in [4.78, 5) is 28.9. The Labute approximate surface area is 166 Å². The van der Waals surface area contributed by atoms with Crippen LogP contribution in [0.25, 0.3) is 0 Å². The van der Waals surface area contributed by atoms with Crippen molar-refractivity contribution in [2.45, 2.75) is 46.0 Å². The van der Waals surface area contributed by atoms with Crippen LogP contribution in [0.15, 0.2) is 18.2 Å². The molecule has 0 aromatic heterocycles. The SMILES string of the molecule is CC1(C)CCCC(CC(=O)N2CCN(C(=O)c3ccc(Cl)c(O)c3)CC2)C1. The molecule has 2 amide bonds. The number of hydrogen-bond donors (Lipinski definition) is 1. The highest BCUT2D eigenvalue weighted by Crippen LogP contribution is 2.40. The fourth-order valence-electron chi connectivity index (χ4n) is 4.39. The number of phenolic OH excluding ortho intramolecular Hbond substituents is 1. The second-order valence-corrected chi connectivity index (χ2v) is 9.08. The highest BCUT2D eigenvalue weighted by atomic mass is 35.5. The summed E-state index contributed by atoms with van der Waals surface area (Å²) in [6.07, 6.45) is 5.35. The molecule has 0 radical (unpaired) electrons. The fourth-order valence-corrected chi connectivity index (χ4v) is 4.51. The summed E-state index contributed by atoms with van der Waals surface area (Å²) >= 11 is 5.80. The van der Waals surface area contributed by atoms with E-state index in [1.165, 1.54) is 25.0 Å². The molecule has 1 aliphatic carbocycles. The van der Waals surface area contributed by atoms with Gasteiger partial charge in [-0.05, 0) is 48.8 Å². The third kappa shape index (κ3) is 4.95. The first kappa shape index (κ1) is 20.0. The first-order chi connectivity index (χ1) is 12.7. The van der Waals surface area contributed by atoms with Crippen LogP contribution in [0.4, 0.5) is 0 Å². The largest absolute Gasteiger partial charge is 0.506 e. The Morgan fingerprint density at radius 2 is 1.85 bits per heavy atom. The summed E-state index contributed by atoms with van der Waals surface area (Å²) in [5.74, 6) is 0.474. The molecule has 0 spiro atoms. The van der Waals surface area contributed by atoms with Crippen LogP contribution in [0.1, 0.15) is 56.3 Å². The van der Waals surface area contributed by atoms with Gasteiger partial charge in [-0.25, -0.2) is 0 Å². The van der Waals surface area contributed by atoms with Gasteiger partial charge < -0.3 is 14.9 Å². The highest BCUT2D eigenvalue weighted by Gasteiger charge is 2.31. The molecular weight excluding hydrogens is 364 g/mol. The lowest BCUT2D eigenvalue weighted by atomic mass is 9.71. The lowest BCUT2D eigenvalue weighted by molar-refractivity contribution is -0.134. The zero-order chi connectivity index (χ0) is 19.6. The summed E-state index contributed by atoms with van der Waals surface area (Å²) < 4.78 is 0. The van der Waals surface area contributed by atoms with E-state index in [0.29, 0.717) is 49.5 Å². The van der Waals surface area contributed by atoms with Crippen LogP contribution in [-0.2, 0) is 4.79 Å². The van der Waals surface area contributed by atoms with Gasteiger partial charge in [0.2, 0.25) is 5.91 Å². The van der Waals surface area contributed by atoms with Crippen LogP contribution in [0.5, 0.6) is 5.75 Å². The lowest BCUT2D eigenvalue weighted by Gasteiger charge is -2.38. The maximum Gasteiger partial charge on any atom is 0.254 e. The van der Waals surface area contributed by atoms with Crippen molar-refractivity contribution in [2.75, 3.05) is 26.2 Å². The number of aromatic hydroxyl groups is 1. The quantitative estimate of drug-likeness (QED) is 0.847. The number of amides is 2. The summed E-state index contributed by atoms with van der Waals surface area (Å²) in [6.45, 7) is 6.76. The van der Waals surface area contributed by atoms with Gasteiger partial charge in [-0.2, -0.15) is 0 Å². The van der Waals surface area contributed by atoms with Gasteiger partial charge in [0.25, 0.3) is 5.91 Å². The summed E-state index contributed by atoms with van der Waals surface area (Å²) in [6, 6.07) is 4.54. The number of carbonyl (C=O) groups excluding carboxylic acids is 2. The van der Waals surface area contributed by atoms with Gasteiger partial charge in [-0.3, -0.25) is 9.59 Å². The molecular formula is C21H29ClN2O3. The van der Waals surface area contributed by atoms with Crippen molar-refractivity contribution in [3.8, 4) is 5.75 Å². The first-order valence-electron chi connectivity index (χ1n) is 9.81. The minimum absolute atomic E-state index is 0.0910. The second kappa shape index (κ2) is 8.09. The van der Waals surface area contributed by atoms with Gasteiger partial charge >= 0.3 is 0 Å². The zero-order valence-corrected chi connectivity index (χ0v) is 17.0. The molecule has 1 saturated heterocycles. The van der Waals surface area contributed by atoms with Crippen molar-refractivity contribution in [1.82, 2.24) is 9.80 Å². The van der Waals surface area contributed by atoms with Crippen molar-refractivity contribution in [3.05, 3.63) is 28.8 Å². The van der Waals surface area contributed by atoms with E-state index in [-0.39, 0.29) is 22.6 Å². The predicted molar refractivity (Wildman–Crippen MR) is 106 cm³/mol. The van der Waals surface area contributed by atoms with E-state index in [4.69, 9.17) is 11.6 Å². The molecule has 6 heteroatoms. The van der Waals surface area contributed by atoms with Crippen LogP contribution in [0.3, 0.4) is 0 Å². The molecule has 148 valence electrons. The monoisotopic (exact) mass is 392 g/mol. The van der Waals surface area contributed by atoms with Crippen molar-refractivity contribution in [1.29, 1.82) is 0 Å². The summed E-state index contributed by atoms with van der Waals surface area (Å²) in [5.41, 5.74) is 0.763. The van der Waals surface area contributed by atoms with Crippen LogP contribution < -0.4 is 0 Å². The van der Waals surface area contributed by atoms with E-state index in [9.17, 15) is 14.7 Å². The molecule has 27 heavy (non-hydrogen) atoms. The molecule has 0 bridgehead atoms. The van der Waals surface area contributed by atoms with E-state index in [0.717, 1.165) is 12.8 Å². The highest BCUT2D eigenvalue weighted by molar-refractivity contribution is 6.32. The number of hydrogen-bond acceptors (Lipinski definition) is 3. The average Bonchev–Trinajstić information content (AvgIpc) is 2.62. The molecule has 3 rings (SSSR count). The number of nitrogens with zero attached hydrogens (tertiary/aromatic N) is 2. The molecule has 1 aromatic carbocycles. The van der Waals surface area contributed by atoms with Crippen LogP contribution in [0.2, 0.25) is 5.02 Å². The van der Waals surface area contributed by atoms with Gasteiger partial charge in [-0.1, -0.05) is 31.9 Å². The molecule has 1 atom stereocenters. The van der Waals surface area contributed by atoms with E-state index in [2.05, 4.69) is 13.8 Å². The van der Waals surface area contributed by atoms with Gasteiger partial charge in [-0.15, -0.1) is 0 Å².